The highest BCUT2D eigenvalue weighted by Gasteiger charge is 2.56. The monoisotopic (exact) mass is 492 g/mol. The number of phosphoric ester groups is 1. The molecule has 0 amide bonds. The van der Waals surface area contributed by atoms with Crippen LogP contribution < -0.4 is 10.2 Å². The van der Waals surface area contributed by atoms with Crippen LogP contribution in [-0.2, 0) is 31.5 Å². The van der Waals surface area contributed by atoms with Gasteiger partial charge in [-0.05, 0) is 25.1 Å². The van der Waals surface area contributed by atoms with Crippen molar-refractivity contribution in [2.24, 2.45) is 0 Å². The summed E-state index contributed by atoms with van der Waals surface area (Å²) in [5, 5.41) is 20.4. The van der Waals surface area contributed by atoms with Crippen molar-refractivity contribution < 1.29 is 41.9 Å². The van der Waals surface area contributed by atoms with E-state index in [0.717, 1.165) is 16.7 Å². The van der Waals surface area contributed by atoms with Crippen molar-refractivity contribution in [2.75, 3.05) is 6.61 Å². The topological polar surface area (TPSA) is 132 Å². The SMILES string of the molecule is Cc1cn(C[C@@H]2O[C@](F)(COP3(=O)OCc4cc(F)ccc4O3)[C@@H](O)[C@H]2O)c(=O)[nH]c1=S. The zero-order chi connectivity index (χ0) is 23.3. The van der Waals surface area contributed by atoms with Gasteiger partial charge in [-0.15, -0.1) is 0 Å². The molecule has 0 bridgehead atoms. The van der Waals surface area contributed by atoms with E-state index < -0.39 is 50.1 Å². The highest BCUT2D eigenvalue weighted by Crippen LogP contribution is 2.55. The normalized spacial score (nSPS) is 31.8. The molecule has 2 aromatic rings. The fourth-order valence-electron chi connectivity index (χ4n) is 3.34. The summed E-state index contributed by atoms with van der Waals surface area (Å²) in [6, 6.07) is 3.43. The molecule has 5 atom stereocenters. The van der Waals surface area contributed by atoms with Gasteiger partial charge in [0.2, 0.25) is 0 Å². The van der Waals surface area contributed by atoms with E-state index in [1.165, 1.54) is 12.3 Å². The number of hydrogen-bond donors (Lipinski definition) is 3. The number of aliphatic hydroxyl groups is 2. The van der Waals surface area contributed by atoms with Gasteiger partial charge in [-0.1, -0.05) is 12.2 Å². The lowest BCUT2D eigenvalue weighted by atomic mass is 10.1. The molecule has 1 aromatic carbocycles. The van der Waals surface area contributed by atoms with Gasteiger partial charge in [-0.2, -0.15) is 0 Å². The van der Waals surface area contributed by atoms with Gasteiger partial charge in [0.25, 0.3) is 5.85 Å². The van der Waals surface area contributed by atoms with Crippen molar-refractivity contribution >= 4 is 20.0 Å². The minimum atomic E-state index is -4.32. The molecule has 0 aliphatic carbocycles. The predicted octanol–water partition coefficient (Wildman–Crippen LogP) is 1.87. The third-order valence-corrected chi connectivity index (χ3v) is 6.82. The molecule has 1 fully saturated rings. The second-order valence-corrected chi connectivity index (χ2v) is 9.44. The van der Waals surface area contributed by atoms with Gasteiger partial charge in [0.05, 0.1) is 13.2 Å². The third kappa shape index (κ3) is 4.42. The van der Waals surface area contributed by atoms with Crippen LogP contribution in [0.2, 0.25) is 0 Å². The first-order valence-corrected chi connectivity index (χ1v) is 11.3. The number of H-pyrrole nitrogens is 1. The molecule has 14 heteroatoms. The van der Waals surface area contributed by atoms with Crippen LogP contribution in [0.1, 0.15) is 11.1 Å². The zero-order valence-corrected chi connectivity index (χ0v) is 18.3. The summed E-state index contributed by atoms with van der Waals surface area (Å²) in [5.74, 6) is -3.48. The fourth-order valence-corrected chi connectivity index (χ4v) is 4.71. The number of aryl methyl sites for hydroxylation is 1. The first kappa shape index (κ1) is 23.2. The molecule has 0 saturated carbocycles. The number of benzene rings is 1. The molecule has 10 nitrogen and oxygen atoms in total. The maximum absolute atomic E-state index is 15.3. The van der Waals surface area contributed by atoms with E-state index in [1.807, 2.05) is 0 Å². The van der Waals surface area contributed by atoms with Gasteiger partial charge in [0.15, 0.2) is 0 Å². The van der Waals surface area contributed by atoms with E-state index in [0.29, 0.717) is 5.56 Å². The molecule has 3 N–H and O–H groups in total. The average Bonchev–Trinajstić information content (AvgIpc) is 2.95. The largest absolute Gasteiger partial charge is 0.530 e. The van der Waals surface area contributed by atoms with E-state index in [2.05, 4.69) is 4.98 Å². The smallest absolute Gasteiger partial charge is 0.404 e. The molecule has 3 heterocycles. The van der Waals surface area contributed by atoms with Crippen LogP contribution in [0.15, 0.2) is 29.2 Å². The van der Waals surface area contributed by atoms with Crippen molar-refractivity contribution in [3.63, 3.8) is 0 Å². The summed E-state index contributed by atoms with van der Waals surface area (Å²) < 4.78 is 62.8. The lowest BCUT2D eigenvalue weighted by Crippen LogP contribution is -2.43. The number of aromatic amines is 1. The molecular formula is C18H19F2N2O8PS. The van der Waals surface area contributed by atoms with E-state index >= 15 is 4.39 Å². The van der Waals surface area contributed by atoms with Crippen LogP contribution in [0, 0.1) is 17.4 Å². The molecule has 0 radical (unpaired) electrons. The number of nitrogens with one attached hydrogen (secondary N) is 1. The van der Waals surface area contributed by atoms with Crippen molar-refractivity contribution in [2.45, 2.75) is 44.2 Å². The highest BCUT2D eigenvalue weighted by molar-refractivity contribution is 7.71. The number of aromatic nitrogens is 2. The zero-order valence-electron chi connectivity index (χ0n) is 16.6. The third-order valence-electron chi connectivity index (χ3n) is 5.09. The molecule has 2 aliphatic heterocycles. The molecule has 0 spiro atoms. The molecule has 1 saturated heterocycles. The lowest BCUT2D eigenvalue weighted by Gasteiger charge is -2.28. The van der Waals surface area contributed by atoms with Gasteiger partial charge in [-0.3, -0.25) is 18.6 Å². The minimum absolute atomic E-state index is 0.0378. The lowest BCUT2D eigenvalue weighted by molar-refractivity contribution is -0.195. The maximum atomic E-state index is 15.3. The first-order valence-electron chi connectivity index (χ1n) is 9.40. The van der Waals surface area contributed by atoms with E-state index in [-0.39, 0.29) is 29.1 Å². The summed E-state index contributed by atoms with van der Waals surface area (Å²) in [6.07, 6.45) is -3.74. The first-order chi connectivity index (χ1) is 15.0. The second kappa shape index (κ2) is 8.41. The Labute approximate surface area is 184 Å². The van der Waals surface area contributed by atoms with Crippen LogP contribution in [0.25, 0.3) is 0 Å². The van der Waals surface area contributed by atoms with Crippen molar-refractivity contribution in [3.8, 4) is 5.75 Å². The van der Waals surface area contributed by atoms with Crippen LogP contribution in [0.5, 0.6) is 5.75 Å². The second-order valence-electron chi connectivity index (χ2n) is 7.44. The van der Waals surface area contributed by atoms with Crippen molar-refractivity contribution in [1.29, 1.82) is 0 Å². The Morgan fingerprint density at radius 2 is 2.19 bits per heavy atom. The number of aliphatic hydroxyl groups excluding tert-OH is 2. The molecule has 1 unspecified atom stereocenters. The number of alkyl halides is 1. The van der Waals surface area contributed by atoms with Gasteiger partial charge < -0.3 is 19.5 Å². The molecule has 32 heavy (non-hydrogen) atoms. The predicted molar refractivity (Wildman–Crippen MR) is 107 cm³/mol. The van der Waals surface area contributed by atoms with Crippen LogP contribution in [-0.4, -0.2) is 50.5 Å². The molecule has 1 aromatic heterocycles. The maximum Gasteiger partial charge on any atom is 0.530 e. The average molecular weight is 492 g/mol. The number of rotatable bonds is 5. The van der Waals surface area contributed by atoms with E-state index in [9.17, 15) is 24.0 Å². The standard InChI is InChI=1S/C18H19F2N2O8PS/c1-9-5-22(17(25)21-16(9)32)6-13-14(23)15(24)18(20,29-13)8-28-31(26)27-7-10-4-11(19)2-3-12(10)30-31/h2-5,13-15,23-24H,6-8H2,1H3,(H,21,25,32)/t13-,14-,15-,18+,31?/m0/s1. The quantitative estimate of drug-likeness (QED) is 0.423. The summed E-state index contributed by atoms with van der Waals surface area (Å²) in [7, 11) is -4.32. The summed E-state index contributed by atoms with van der Waals surface area (Å²) >= 11 is 4.96. The highest BCUT2D eigenvalue weighted by atomic mass is 32.1. The van der Waals surface area contributed by atoms with Crippen molar-refractivity contribution in [3.05, 3.63) is 56.5 Å². The van der Waals surface area contributed by atoms with Gasteiger partial charge >= 0.3 is 13.5 Å². The van der Waals surface area contributed by atoms with Crippen LogP contribution in [0.3, 0.4) is 0 Å². The number of phosphoric acid groups is 1. The van der Waals surface area contributed by atoms with Crippen molar-refractivity contribution in [1.82, 2.24) is 9.55 Å². The number of hydrogen-bond acceptors (Lipinski definition) is 9. The molecular weight excluding hydrogens is 473 g/mol. The Morgan fingerprint density at radius 1 is 1.44 bits per heavy atom. The minimum Gasteiger partial charge on any atom is -0.404 e. The van der Waals surface area contributed by atoms with Crippen LogP contribution in [0.4, 0.5) is 8.78 Å². The van der Waals surface area contributed by atoms with Gasteiger partial charge in [0, 0.05) is 17.3 Å². The molecule has 4 rings (SSSR count). The van der Waals surface area contributed by atoms with Crippen LogP contribution >= 0.6 is 20.0 Å². The number of ether oxygens (including phenoxy) is 1. The Morgan fingerprint density at radius 3 is 2.94 bits per heavy atom. The number of fused-ring (bicyclic) bond motifs is 1. The molecule has 2 aliphatic rings. The summed E-state index contributed by atoms with van der Waals surface area (Å²) in [5.41, 5.74) is 0.236. The Bertz CT molecular complexity index is 1210. The summed E-state index contributed by atoms with van der Waals surface area (Å²) in [6.45, 7) is -0.0765. The Hall–Kier alpha value is -1.99. The Kier molecular flexibility index (Phi) is 6.09. The van der Waals surface area contributed by atoms with Gasteiger partial charge in [-0.25, -0.2) is 18.1 Å². The van der Waals surface area contributed by atoms with Gasteiger partial charge in [0.1, 0.15) is 41.1 Å². The fraction of sp³-hybridized carbons (Fsp3) is 0.444. The van der Waals surface area contributed by atoms with E-state index in [1.54, 1.807) is 6.92 Å². The number of halogens is 2. The number of nitrogens with zero attached hydrogens (tertiary/aromatic N) is 1. The van der Waals surface area contributed by atoms with E-state index in [4.69, 9.17) is 30.5 Å². The summed E-state index contributed by atoms with van der Waals surface area (Å²) in [4.78, 5) is 14.5. The molecule has 174 valence electrons. The Balaban J connectivity index is 1.45.